The van der Waals surface area contributed by atoms with E-state index in [1.54, 1.807) is 0 Å². The van der Waals surface area contributed by atoms with E-state index in [1.165, 1.54) is 3.57 Å². The number of nitrogens with zero attached hydrogens (tertiary/aromatic N) is 1. The number of hydrogen-bond acceptors (Lipinski definition) is 2. The Kier molecular flexibility index (Phi) is 5.49. The van der Waals surface area contributed by atoms with Gasteiger partial charge in [0.2, 0.25) is 0 Å². The molecule has 0 atom stereocenters. The molecule has 0 spiro atoms. The molecule has 0 aliphatic rings. The standard InChI is InChI=1S/C15H14IN3S/c1-11(12-7-9-13(16)10-8-12)18-19-15(20)17-14-5-3-2-4-6-14/h2-10H,1H3,(H2,17,19,20)/b18-11-. The van der Waals surface area contributed by atoms with Crippen LogP contribution in [0.1, 0.15) is 12.5 Å². The first-order valence-corrected chi connectivity index (χ1v) is 7.56. The number of halogens is 1. The number of benzene rings is 2. The van der Waals surface area contributed by atoms with Gasteiger partial charge in [-0.2, -0.15) is 5.10 Å². The second kappa shape index (κ2) is 7.35. The summed E-state index contributed by atoms with van der Waals surface area (Å²) in [6, 6.07) is 17.9. The Hall–Kier alpha value is -1.47. The minimum atomic E-state index is 0.473. The molecule has 2 aromatic rings. The second-order valence-electron chi connectivity index (χ2n) is 4.14. The first kappa shape index (κ1) is 14.9. The molecule has 2 rings (SSSR count). The predicted octanol–water partition coefficient (Wildman–Crippen LogP) is 4.00. The molecule has 0 heterocycles. The number of rotatable bonds is 3. The van der Waals surface area contributed by atoms with Crippen molar-refractivity contribution in [3.63, 3.8) is 0 Å². The van der Waals surface area contributed by atoms with Crippen molar-refractivity contribution in [2.24, 2.45) is 5.10 Å². The minimum absolute atomic E-state index is 0.473. The van der Waals surface area contributed by atoms with Gasteiger partial charge in [-0.15, -0.1) is 0 Å². The molecule has 20 heavy (non-hydrogen) atoms. The normalized spacial score (nSPS) is 11.0. The summed E-state index contributed by atoms with van der Waals surface area (Å²) in [5, 5.41) is 7.82. The van der Waals surface area contributed by atoms with Gasteiger partial charge >= 0.3 is 0 Å². The zero-order valence-electron chi connectivity index (χ0n) is 10.9. The van der Waals surface area contributed by atoms with Crippen molar-refractivity contribution in [3.8, 4) is 0 Å². The molecular formula is C15H14IN3S. The fourth-order valence-corrected chi connectivity index (χ4v) is 2.09. The van der Waals surface area contributed by atoms with Crippen LogP contribution in [0.2, 0.25) is 0 Å². The molecule has 0 radical (unpaired) electrons. The predicted molar refractivity (Wildman–Crippen MR) is 97.2 cm³/mol. The molecule has 0 fully saturated rings. The summed E-state index contributed by atoms with van der Waals surface area (Å²) in [7, 11) is 0. The van der Waals surface area contributed by atoms with Gasteiger partial charge in [-0.3, -0.25) is 5.43 Å². The van der Waals surface area contributed by atoms with Crippen LogP contribution in [0.25, 0.3) is 0 Å². The lowest BCUT2D eigenvalue weighted by atomic mass is 10.1. The fourth-order valence-electron chi connectivity index (χ4n) is 1.57. The highest BCUT2D eigenvalue weighted by atomic mass is 127. The average molecular weight is 395 g/mol. The van der Waals surface area contributed by atoms with Crippen LogP contribution in [-0.2, 0) is 0 Å². The maximum atomic E-state index is 5.19. The van der Waals surface area contributed by atoms with E-state index < -0.39 is 0 Å². The highest BCUT2D eigenvalue weighted by Crippen LogP contribution is 2.08. The van der Waals surface area contributed by atoms with Crippen molar-refractivity contribution in [3.05, 3.63) is 63.7 Å². The molecule has 0 saturated carbocycles. The maximum Gasteiger partial charge on any atom is 0.191 e. The van der Waals surface area contributed by atoms with E-state index in [-0.39, 0.29) is 0 Å². The number of thiocarbonyl (C=S) groups is 1. The summed E-state index contributed by atoms with van der Waals surface area (Å²) in [6.07, 6.45) is 0. The summed E-state index contributed by atoms with van der Waals surface area (Å²) in [5.41, 5.74) is 5.75. The molecule has 5 heteroatoms. The lowest BCUT2D eigenvalue weighted by Gasteiger charge is -2.07. The molecule has 2 aromatic carbocycles. The molecule has 0 bridgehead atoms. The summed E-state index contributed by atoms with van der Waals surface area (Å²) in [6.45, 7) is 1.94. The highest BCUT2D eigenvalue weighted by Gasteiger charge is 1.99. The Morgan fingerprint density at radius 1 is 1.05 bits per heavy atom. The summed E-state index contributed by atoms with van der Waals surface area (Å²) in [5.74, 6) is 0. The molecule has 0 unspecified atom stereocenters. The number of para-hydroxylation sites is 1. The van der Waals surface area contributed by atoms with E-state index in [2.05, 4.69) is 50.6 Å². The maximum absolute atomic E-state index is 5.19. The van der Waals surface area contributed by atoms with Crippen molar-refractivity contribution >= 4 is 51.3 Å². The van der Waals surface area contributed by atoms with Crippen LogP contribution in [0.3, 0.4) is 0 Å². The van der Waals surface area contributed by atoms with Gasteiger partial charge in [-0.1, -0.05) is 30.3 Å². The van der Waals surface area contributed by atoms with E-state index in [0.717, 1.165) is 17.0 Å². The molecule has 3 nitrogen and oxygen atoms in total. The zero-order chi connectivity index (χ0) is 14.4. The molecular weight excluding hydrogens is 381 g/mol. The Morgan fingerprint density at radius 3 is 2.35 bits per heavy atom. The molecule has 0 saturated heterocycles. The van der Waals surface area contributed by atoms with Crippen LogP contribution < -0.4 is 10.7 Å². The van der Waals surface area contributed by atoms with Gasteiger partial charge < -0.3 is 5.32 Å². The smallest absolute Gasteiger partial charge is 0.191 e. The molecule has 102 valence electrons. The van der Waals surface area contributed by atoms with E-state index in [0.29, 0.717) is 5.11 Å². The van der Waals surface area contributed by atoms with Gasteiger partial charge in [0, 0.05) is 9.26 Å². The third-order valence-electron chi connectivity index (χ3n) is 2.62. The van der Waals surface area contributed by atoms with Gasteiger partial charge in [-0.05, 0) is 71.6 Å². The SMILES string of the molecule is C/C(=N/NC(=S)Nc1ccccc1)c1ccc(I)cc1. The largest absolute Gasteiger partial charge is 0.331 e. The Bertz CT molecular complexity index is 609. The Morgan fingerprint density at radius 2 is 1.70 bits per heavy atom. The third-order valence-corrected chi connectivity index (χ3v) is 3.53. The quantitative estimate of drug-likeness (QED) is 0.357. The lowest BCUT2D eigenvalue weighted by molar-refractivity contribution is 1.04. The van der Waals surface area contributed by atoms with E-state index >= 15 is 0 Å². The second-order valence-corrected chi connectivity index (χ2v) is 5.79. The van der Waals surface area contributed by atoms with Crippen molar-refractivity contribution in [2.45, 2.75) is 6.92 Å². The summed E-state index contributed by atoms with van der Waals surface area (Å²) < 4.78 is 1.20. The average Bonchev–Trinajstić information content (AvgIpc) is 2.46. The monoisotopic (exact) mass is 395 g/mol. The van der Waals surface area contributed by atoms with Crippen LogP contribution in [0.5, 0.6) is 0 Å². The summed E-state index contributed by atoms with van der Waals surface area (Å²) >= 11 is 7.47. The Balaban J connectivity index is 1.95. The molecule has 0 aromatic heterocycles. The fraction of sp³-hybridized carbons (Fsp3) is 0.0667. The number of hydrazone groups is 1. The summed E-state index contributed by atoms with van der Waals surface area (Å²) in [4.78, 5) is 0. The Labute approximate surface area is 137 Å². The van der Waals surface area contributed by atoms with Gasteiger partial charge in [0.1, 0.15) is 0 Å². The van der Waals surface area contributed by atoms with Crippen molar-refractivity contribution < 1.29 is 0 Å². The first-order chi connectivity index (χ1) is 9.65. The van der Waals surface area contributed by atoms with Gasteiger partial charge in [0.15, 0.2) is 5.11 Å². The molecule has 2 N–H and O–H groups in total. The van der Waals surface area contributed by atoms with Crippen LogP contribution in [0.4, 0.5) is 5.69 Å². The van der Waals surface area contributed by atoms with Gasteiger partial charge in [0.25, 0.3) is 0 Å². The van der Waals surface area contributed by atoms with Crippen molar-refractivity contribution in [2.75, 3.05) is 5.32 Å². The molecule has 0 aliphatic heterocycles. The number of nitrogens with one attached hydrogen (secondary N) is 2. The molecule has 0 amide bonds. The van der Waals surface area contributed by atoms with E-state index in [1.807, 2.05) is 49.4 Å². The molecule has 0 aliphatic carbocycles. The topological polar surface area (TPSA) is 36.4 Å². The van der Waals surface area contributed by atoms with Crippen LogP contribution >= 0.6 is 34.8 Å². The zero-order valence-corrected chi connectivity index (χ0v) is 13.9. The number of anilines is 1. The highest BCUT2D eigenvalue weighted by molar-refractivity contribution is 14.1. The van der Waals surface area contributed by atoms with Crippen molar-refractivity contribution in [1.29, 1.82) is 0 Å². The lowest BCUT2D eigenvalue weighted by Crippen LogP contribution is -2.24. The van der Waals surface area contributed by atoms with Crippen LogP contribution in [0, 0.1) is 3.57 Å². The van der Waals surface area contributed by atoms with E-state index in [9.17, 15) is 0 Å². The van der Waals surface area contributed by atoms with Gasteiger partial charge in [0.05, 0.1) is 5.71 Å². The van der Waals surface area contributed by atoms with Crippen molar-refractivity contribution in [1.82, 2.24) is 5.43 Å². The minimum Gasteiger partial charge on any atom is -0.331 e. The van der Waals surface area contributed by atoms with Crippen LogP contribution in [-0.4, -0.2) is 10.8 Å². The first-order valence-electron chi connectivity index (χ1n) is 6.07. The van der Waals surface area contributed by atoms with Crippen LogP contribution in [0.15, 0.2) is 59.7 Å². The third kappa shape index (κ3) is 4.57. The number of hydrogen-bond donors (Lipinski definition) is 2. The van der Waals surface area contributed by atoms with Gasteiger partial charge in [-0.25, -0.2) is 0 Å². The van der Waals surface area contributed by atoms with E-state index in [4.69, 9.17) is 12.2 Å².